The summed E-state index contributed by atoms with van der Waals surface area (Å²) in [5, 5.41) is 2.83. The lowest BCUT2D eigenvalue weighted by molar-refractivity contribution is 0.102. The van der Waals surface area contributed by atoms with Crippen molar-refractivity contribution in [3.63, 3.8) is 0 Å². The van der Waals surface area contributed by atoms with Crippen LogP contribution in [0.2, 0.25) is 0 Å². The molecule has 0 spiro atoms. The maximum absolute atomic E-state index is 12.0. The van der Waals surface area contributed by atoms with Crippen LogP contribution in [0, 0.1) is 0 Å². The van der Waals surface area contributed by atoms with Crippen molar-refractivity contribution in [3.8, 4) is 0 Å². The van der Waals surface area contributed by atoms with Crippen molar-refractivity contribution >= 4 is 11.6 Å². The molecule has 106 valence electrons. The van der Waals surface area contributed by atoms with Crippen molar-refractivity contribution in [2.45, 2.75) is 32.7 Å². The van der Waals surface area contributed by atoms with Gasteiger partial charge in [-0.15, -0.1) is 0 Å². The van der Waals surface area contributed by atoms with E-state index in [1.165, 1.54) is 11.8 Å². The van der Waals surface area contributed by atoms with E-state index in [9.17, 15) is 4.79 Å². The maximum Gasteiger partial charge on any atom is 0.258 e. The van der Waals surface area contributed by atoms with E-state index in [1.54, 1.807) is 6.07 Å². The van der Waals surface area contributed by atoms with Crippen molar-refractivity contribution in [1.82, 2.24) is 0 Å². The zero-order valence-electron chi connectivity index (χ0n) is 12.1. The monoisotopic (exact) mass is 272 g/mol. The van der Waals surface area contributed by atoms with Gasteiger partial charge in [0.25, 0.3) is 5.91 Å². The Labute approximate surface area is 119 Å². The fraction of sp³-hybridized carbons (Fsp3) is 0.312. The summed E-state index contributed by atoms with van der Waals surface area (Å²) in [6, 6.07) is 9.51. The summed E-state index contributed by atoms with van der Waals surface area (Å²) in [7, 11) is 0. The SMILES string of the molecule is CC(C)(C)c1ccc(NC(=O)c2coc(CN)c2)cc1. The molecule has 20 heavy (non-hydrogen) atoms. The number of anilines is 1. The van der Waals surface area contributed by atoms with E-state index in [4.69, 9.17) is 10.2 Å². The molecule has 0 aliphatic heterocycles. The molecule has 0 bridgehead atoms. The summed E-state index contributed by atoms with van der Waals surface area (Å²) in [6.07, 6.45) is 1.42. The van der Waals surface area contributed by atoms with Crippen LogP contribution in [0.25, 0.3) is 0 Å². The number of hydrogen-bond acceptors (Lipinski definition) is 3. The van der Waals surface area contributed by atoms with Gasteiger partial charge in [0.2, 0.25) is 0 Å². The number of carbonyl (C=O) groups excluding carboxylic acids is 1. The molecule has 1 heterocycles. The highest BCUT2D eigenvalue weighted by atomic mass is 16.3. The molecular weight excluding hydrogens is 252 g/mol. The first-order valence-corrected chi connectivity index (χ1v) is 6.59. The molecule has 1 aromatic carbocycles. The molecule has 0 saturated carbocycles. The van der Waals surface area contributed by atoms with Crippen LogP contribution in [0.5, 0.6) is 0 Å². The van der Waals surface area contributed by atoms with Crippen LogP contribution in [0.4, 0.5) is 5.69 Å². The van der Waals surface area contributed by atoms with Crippen LogP contribution in [0.15, 0.2) is 41.0 Å². The van der Waals surface area contributed by atoms with Crippen LogP contribution in [0.1, 0.15) is 42.5 Å². The lowest BCUT2D eigenvalue weighted by Crippen LogP contribution is -2.13. The van der Waals surface area contributed by atoms with Gasteiger partial charge in [-0.1, -0.05) is 32.9 Å². The van der Waals surface area contributed by atoms with E-state index >= 15 is 0 Å². The second-order valence-corrected chi connectivity index (χ2v) is 5.79. The molecule has 2 aromatic rings. The Morgan fingerprint density at radius 2 is 1.90 bits per heavy atom. The van der Waals surface area contributed by atoms with Gasteiger partial charge in [-0.25, -0.2) is 0 Å². The van der Waals surface area contributed by atoms with E-state index in [2.05, 4.69) is 26.1 Å². The third kappa shape index (κ3) is 3.27. The highest BCUT2D eigenvalue weighted by Crippen LogP contribution is 2.23. The summed E-state index contributed by atoms with van der Waals surface area (Å²) < 4.78 is 5.15. The largest absolute Gasteiger partial charge is 0.467 e. The number of rotatable bonds is 3. The zero-order chi connectivity index (χ0) is 14.8. The van der Waals surface area contributed by atoms with E-state index < -0.39 is 0 Å². The molecule has 0 fully saturated rings. The minimum Gasteiger partial charge on any atom is -0.467 e. The molecule has 1 amide bonds. The quantitative estimate of drug-likeness (QED) is 0.900. The average molecular weight is 272 g/mol. The second kappa shape index (κ2) is 5.51. The van der Waals surface area contributed by atoms with E-state index in [0.29, 0.717) is 11.3 Å². The Kier molecular flexibility index (Phi) is 3.95. The first kappa shape index (κ1) is 14.3. The predicted octanol–water partition coefficient (Wildman–Crippen LogP) is 3.29. The molecule has 4 heteroatoms. The molecule has 0 aliphatic rings. The Morgan fingerprint density at radius 3 is 2.40 bits per heavy atom. The molecule has 2 rings (SSSR count). The molecule has 0 saturated heterocycles. The van der Waals surface area contributed by atoms with Crippen LogP contribution >= 0.6 is 0 Å². The molecule has 1 aromatic heterocycles. The minimum absolute atomic E-state index is 0.100. The lowest BCUT2D eigenvalue weighted by atomic mass is 9.87. The zero-order valence-corrected chi connectivity index (χ0v) is 12.1. The van der Waals surface area contributed by atoms with Gasteiger partial charge in [0.1, 0.15) is 12.0 Å². The van der Waals surface area contributed by atoms with Crippen molar-refractivity contribution in [2.75, 3.05) is 5.32 Å². The molecule has 3 N–H and O–H groups in total. The molecule has 4 nitrogen and oxygen atoms in total. The van der Waals surface area contributed by atoms with Crippen molar-refractivity contribution in [1.29, 1.82) is 0 Å². The number of benzene rings is 1. The van der Waals surface area contributed by atoms with Crippen molar-refractivity contribution in [2.24, 2.45) is 5.73 Å². The van der Waals surface area contributed by atoms with Gasteiger partial charge in [0, 0.05) is 5.69 Å². The molecule has 0 radical (unpaired) electrons. The minimum atomic E-state index is -0.197. The molecule has 0 atom stereocenters. The van der Waals surface area contributed by atoms with Crippen LogP contribution < -0.4 is 11.1 Å². The summed E-state index contributed by atoms with van der Waals surface area (Å²) in [4.78, 5) is 12.0. The van der Waals surface area contributed by atoms with Gasteiger partial charge in [-0.3, -0.25) is 4.79 Å². The van der Waals surface area contributed by atoms with E-state index in [1.807, 2.05) is 24.3 Å². The maximum atomic E-state index is 12.0. The van der Waals surface area contributed by atoms with Crippen molar-refractivity contribution in [3.05, 3.63) is 53.5 Å². The van der Waals surface area contributed by atoms with Gasteiger partial charge >= 0.3 is 0 Å². The number of nitrogens with two attached hydrogens (primary N) is 1. The average Bonchev–Trinajstić information content (AvgIpc) is 2.87. The van der Waals surface area contributed by atoms with Crippen molar-refractivity contribution < 1.29 is 9.21 Å². The number of amides is 1. The van der Waals surface area contributed by atoms with E-state index in [-0.39, 0.29) is 17.9 Å². The fourth-order valence-electron chi connectivity index (χ4n) is 1.86. The topological polar surface area (TPSA) is 68.3 Å². The smallest absolute Gasteiger partial charge is 0.258 e. The Morgan fingerprint density at radius 1 is 1.25 bits per heavy atom. The number of furan rings is 1. The van der Waals surface area contributed by atoms with Crippen LogP contribution in [0.3, 0.4) is 0 Å². The fourth-order valence-corrected chi connectivity index (χ4v) is 1.86. The normalized spacial score (nSPS) is 11.4. The lowest BCUT2D eigenvalue weighted by Gasteiger charge is -2.19. The number of carbonyl (C=O) groups is 1. The third-order valence-corrected chi connectivity index (χ3v) is 3.13. The molecule has 0 aliphatic carbocycles. The van der Waals surface area contributed by atoms with Gasteiger partial charge < -0.3 is 15.5 Å². The van der Waals surface area contributed by atoms with Crippen LogP contribution in [-0.4, -0.2) is 5.91 Å². The second-order valence-electron chi connectivity index (χ2n) is 5.79. The Bertz CT molecular complexity index is 592. The summed E-state index contributed by atoms with van der Waals surface area (Å²) in [5.74, 6) is 0.398. The number of nitrogens with one attached hydrogen (secondary N) is 1. The van der Waals surface area contributed by atoms with Gasteiger partial charge in [0.05, 0.1) is 12.1 Å². The molecular formula is C16H20N2O2. The van der Waals surface area contributed by atoms with Gasteiger partial charge in [0.15, 0.2) is 0 Å². The van der Waals surface area contributed by atoms with Crippen LogP contribution in [-0.2, 0) is 12.0 Å². The summed E-state index contributed by atoms with van der Waals surface area (Å²) >= 11 is 0. The summed E-state index contributed by atoms with van der Waals surface area (Å²) in [6.45, 7) is 6.74. The third-order valence-electron chi connectivity index (χ3n) is 3.13. The molecule has 0 unspecified atom stereocenters. The number of hydrogen-bond donors (Lipinski definition) is 2. The first-order chi connectivity index (χ1) is 9.40. The predicted molar refractivity (Wildman–Crippen MR) is 79.7 cm³/mol. The highest BCUT2D eigenvalue weighted by Gasteiger charge is 2.14. The summed E-state index contributed by atoms with van der Waals surface area (Å²) in [5.41, 5.74) is 8.01. The first-order valence-electron chi connectivity index (χ1n) is 6.59. The Hall–Kier alpha value is -2.07. The van der Waals surface area contributed by atoms with Gasteiger partial charge in [-0.05, 0) is 29.2 Å². The standard InChI is InChI=1S/C16H20N2O2/c1-16(2,3)12-4-6-13(7-5-12)18-15(19)11-8-14(9-17)20-10-11/h4-8,10H,9,17H2,1-3H3,(H,18,19). The Balaban J connectivity index is 2.08. The van der Waals surface area contributed by atoms with E-state index in [0.717, 1.165) is 5.69 Å². The van der Waals surface area contributed by atoms with Gasteiger partial charge in [-0.2, -0.15) is 0 Å². The highest BCUT2D eigenvalue weighted by molar-refractivity contribution is 6.04.